The quantitative estimate of drug-likeness (QED) is 0.328. The van der Waals surface area contributed by atoms with Gasteiger partial charge >= 0.3 is 0 Å². The average Bonchev–Trinajstić information content (AvgIpc) is 2.58. The fourth-order valence-corrected chi connectivity index (χ4v) is 2.79. The standard InChI is InChI=1S/C17H30N4O3S/c1-14(15-6-8-16(24-3)9-7-15)10-13-20-17(18-2)19-11-5-12-21-25(4,22)23/h6-9,14,21H,5,10-13H2,1-4H3,(H2,18,19,20). The van der Waals surface area contributed by atoms with E-state index in [-0.39, 0.29) is 0 Å². The van der Waals surface area contributed by atoms with Crippen molar-refractivity contribution >= 4 is 16.0 Å². The largest absolute Gasteiger partial charge is 0.497 e. The predicted molar refractivity (Wildman–Crippen MR) is 103 cm³/mol. The molecule has 0 radical (unpaired) electrons. The molecule has 0 aliphatic carbocycles. The minimum atomic E-state index is -3.12. The molecule has 0 saturated heterocycles. The number of sulfonamides is 1. The fraction of sp³-hybridized carbons (Fsp3) is 0.588. The molecule has 142 valence electrons. The van der Waals surface area contributed by atoms with Crippen molar-refractivity contribution in [3.63, 3.8) is 0 Å². The van der Waals surface area contributed by atoms with Gasteiger partial charge in [0.25, 0.3) is 0 Å². The molecule has 0 amide bonds. The van der Waals surface area contributed by atoms with Gasteiger partial charge in [0.1, 0.15) is 5.75 Å². The fourth-order valence-electron chi connectivity index (χ4n) is 2.28. The summed E-state index contributed by atoms with van der Waals surface area (Å²) in [4.78, 5) is 4.17. The van der Waals surface area contributed by atoms with Crippen LogP contribution in [-0.2, 0) is 10.0 Å². The molecule has 1 atom stereocenters. The summed E-state index contributed by atoms with van der Waals surface area (Å²) in [5, 5.41) is 6.45. The highest BCUT2D eigenvalue weighted by atomic mass is 32.2. The van der Waals surface area contributed by atoms with Crippen molar-refractivity contribution < 1.29 is 13.2 Å². The first-order valence-electron chi connectivity index (χ1n) is 8.39. The van der Waals surface area contributed by atoms with Crippen LogP contribution in [0.3, 0.4) is 0 Å². The van der Waals surface area contributed by atoms with E-state index in [2.05, 4.69) is 39.4 Å². The number of guanidine groups is 1. The molecule has 0 saturated carbocycles. The molecule has 7 nitrogen and oxygen atoms in total. The summed E-state index contributed by atoms with van der Waals surface area (Å²) < 4.78 is 29.6. The van der Waals surface area contributed by atoms with Gasteiger partial charge in [-0.1, -0.05) is 19.1 Å². The number of rotatable bonds is 10. The molecular weight excluding hydrogens is 340 g/mol. The van der Waals surface area contributed by atoms with Crippen LogP contribution in [0.25, 0.3) is 0 Å². The van der Waals surface area contributed by atoms with Gasteiger partial charge in [0.15, 0.2) is 5.96 Å². The highest BCUT2D eigenvalue weighted by molar-refractivity contribution is 7.88. The van der Waals surface area contributed by atoms with Gasteiger partial charge in [-0.25, -0.2) is 13.1 Å². The van der Waals surface area contributed by atoms with Crippen LogP contribution in [0, 0.1) is 0 Å². The number of ether oxygens (including phenoxy) is 1. The van der Waals surface area contributed by atoms with E-state index in [1.54, 1.807) is 14.2 Å². The molecule has 3 N–H and O–H groups in total. The molecule has 0 spiro atoms. The second-order valence-electron chi connectivity index (χ2n) is 5.91. The molecule has 0 aromatic heterocycles. The molecule has 0 heterocycles. The molecule has 1 unspecified atom stereocenters. The Morgan fingerprint density at radius 3 is 2.36 bits per heavy atom. The van der Waals surface area contributed by atoms with Crippen LogP contribution >= 0.6 is 0 Å². The number of benzene rings is 1. The Hall–Kier alpha value is -1.80. The first-order chi connectivity index (χ1) is 11.9. The third-order valence-corrected chi connectivity index (χ3v) is 4.52. The van der Waals surface area contributed by atoms with E-state index in [1.165, 1.54) is 5.56 Å². The Balaban J connectivity index is 2.25. The normalized spacial score (nSPS) is 13.4. The van der Waals surface area contributed by atoms with Crippen molar-refractivity contribution in [1.82, 2.24) is 15.4 Å². The van der Waals surface area contributed by atoms with Gasteiger partial charge in [-0.15, -0.1) is 0 Å². The highest BCUT2D eigenvalue weighted by Gasteiger charge is 2.06. The lowest BCUT2D eigenvalue weighted by molar-refractivity contribution is 0.414. The van der Waals surface area contributed by atoms with Crippen LogP contribution in [0.4, 0.5) is 0 Å². The zero-order chi connectivity index (χ0) is 18.7. The Labute approximate surface area is 151 Å². The average molecular weight is 371 g/mol. The third kappa shape index (κ3) is 9.31. The van der Waals surface area contributed by atoms with E-state index in [9.17, 15) is 8.42 Å². The topological polar surface area (TPSA) is 91.8 Å². The Kier molecular flexibility index (Phi) is 9.30. The Morgan fingerprint density at radius 1 is 1.16 bits per heavy atom. The Morgan fingerprint density at radius 2 is 1.80 bits per heavy atom. The van der Waals surface area contributed by atoms with Crippen molar-refractivity contribution in [2.24, 2.45) is 4.99 Å². The lowest BCUT2D eigenvalue weighted by Crippen LogP contribution is -2.39. The van der Waals surface area contributed by atoms with Gasteiger partial charge in [0, 0.05) is 26.7 Å². The monoisotopic (exact) mass is 370 g/mol. The first kappa shape index (κ1) is 21.2. The van der Waals surface area contributed by atoms with Gasteiger partial charge in [0.2, 0.25) is 10.0 Å². The second-order valence-corrected chi connectivity index (χ2v) is 7.74. The van der Waals surface area contributed by atoms with E-state index >= 15 is 0 Å². The molecular formula is C17H30N4O3S. The van der Waals surface area contributed by atoms with E-state index in [0.29, 0.717) is 25.4 Å². The summed E-state index contributed by atoms with van der Waals surface area (Å²) in [6.07, 6.45) is 2.82. The Bertz CT molecular complexity index is 630. The van der Waals surface area contributed by atoms with Crippen LogP contribution in [0.2, 0.25) is 0 Å². The zero-order valence-electron chi connectivity index (χ0n) is 15.5. The number of methoxy groups -OCH3 is 1. The van der Waals surface area contributed by atoms with Crippen LogP contribution in [0.5, 0.6) is 5.75 Å². The summed E-state index contributed by atoms with van der Waals surface area (Å²) in [5.74, 6) is 2.01. The van der Waals surface area contributed by atoms with E-state index in [1.807, 2.05) is 12.1 Å². The van der Waals surface area contributed by atoms with Crippen LogP contribution < -0.4 is 20.1 Å². The maximum atomic E-state index is 11.0. The molecule has 0 aliphatic rings. The molecule has 0 aliphatic heterocycles. The molecule has 8 heteroatoms. The maximum Gasteiger partial charge on any atom is 0.208 e. The van der Waals surface area contributed by atoms with Crippen molar-refractivity contribution in [2.45, 2.75) is 25.7 Å². The summed E-state index contributed by atoms with van der Waals surface area (Å²) in [6, 6.07) is 8.13. The van der Waals surface area contributed by atoms with Gasteiger partial charge in [-0.2, -0.15) is 0 Å². The van der Waals surface area contributed by atoms with Gasteiger partial charge < -0.3 is 15.4 Å². The van der Waals surface area contributed by atoms with Gasteiger partial charge in [-0.3, -0.25) is 4.99 Å². The summed E-state index contributed by atoms with van der Waals surface area (Å²) in [6.45, 7) is 4.05. The van der Waals surface area contributed by atoms with Gasteiger partial charge in [-0.05, 0) is 36.5 Å². The van der Waals surface area contributed by atoms with Crippen molar-refractivity contribution in [3.8, 4) is 5.75 Å². The minimum Gasteiger partial charge on any atom is -0.497 e. The molecule has 0 fully saturated rings. The van der Waals surface area contributed by atoms with Gasteiger partial charge in [0.05, 0.1) is 13.4 Å². The van der Waals surface area contributed by atoms with E-state index < -0.39 is 10.0 Å². The lowest BCUT2D eigenvalue weighted by atomic mass is 9.98. The smallest absolute Gasteiger partial charge is 0.208 e. The number of nitrogens with zero attached hydrogens (tertiary/aromatic N) is 1. The second kappa shape index (κ2) is 10.9. The van der Waals surface area contributed by atoms with E-state index in [4.69, 9.17) is 4.74 Å². The summed E-state index contributed by atoms with van der Waals surface area (Å²) in [7, 11) is 0.268. The van der Waals surface area contributed by atoms with Crippen LogP contribution in [-0.4, -0.2) is 54.4 Å². The predicted octanol–water partition coefficient (Wildman–Crippen LogP) is 1.29. The molecule has 1 aromatic rings. The number of hydrogen-bond acceptors (Lipinski definition) is 4. The SMILES string of the molecule is CN=C(NCCCNS(C)(=O)=O)NCCC(C)c1ccc(OC)cc1. The minimum absolute atomic E-state index is 0.414. The highest BCUT2D eigenvalue weighted by Crippen LogP contribution is 2.21. The maximum absolute atomic E-state index is 11.0. The van der Waals surface area contributed by atoms with Crippen molar-refractivity contribution in [3.05, 3.63) is 29.8 Å². The van der Waals surface area contributed by atoms with Crippen LogP contribution in [0.1, 0.15) is 31.2 Å². The van der Waals surface area contributed by atoms with Crippen LogP contribution in [0.15, 0.2) is 29.3 Å². The first-order valence-corrected chi connectivity index (χ1v) is 10.3. The summed E-state index contributed by atoms with van der Waals surface area (Å²) >= 11 is 0. The number of aliphatic imine (C=N–C) groups is 1. The number of nitrogens with one attached hydrogen (secondary N) is 3. The molecule has 25 heavy (non-hydrogen) atoms. The third-order valence-electron chi connectivity index (χ3n) is 3.79. The van der Waals surface area contributed by atoms with Crippen molar-refractivity contribution in [2.75, 3.05) is 40.0 Å². The number of hydrogen-bond donors (Lipinski definition) is 3. The molecule has 1 rings (SSSR count). The molecule has 0 bridgehead atoms. The lowest BCUT2D eigenvalue weighted by Gasteiger charge is -2.15. The molecule has 1 aromatic carbocycles. The van der Waals surface area contributed by atoms with E-state index in [0.717, 1.165) is 30.9 Å². The summed E-state index contributed by atoms with van der Waals surface area (Å²) in [5.41, 5.74) is 1.28. The van der Waals surface area contributed by atoms with Crippen molar-refractivity contribution in [1.29, 1.82) is 0 Å². The zero-order valence-corrected chi connectivity index (χ0v) is 16.3.